The molecule has 1 aromatic carbocycles. The molecule has 1 saturated carbocycles. The van der Waals surface area contributed by atoms with Crippen molar-refractivity contribution in [1.29, 1.82) is 0 Å². The van der Waals surface area contributed by atoms with Gasteiger partial charge in [-0.3, -0.25) is 4.90 Å². The normalized spacial score (nSPS) is 29.8. The summed E-state index contributed by atoms with van der Waals surface area (Å²) in [5.74, 6) is -1.80. The fraction of sp³-hybridized carbons (Fsp3) is 0.647. The van der Waals surface area contributed by atoms with Crippen LogP contribution in [0.4, 0.5) is 8.78 Å². The van der Waals surface area contributed by atoms with Gasteiger partial charge in [0.2, 0.25) is 0 Å². The maximum Gasteiger partial charge on any atom is 0.162 e. The van der Waals surface area contributed by atoms with Crippen molar-refractivity contribution >= 4 is 0 Å². The summed E-state index contributed by atoms with van der Waals surface area (Å²) in [6.07, 6.45) is 4.24. The monoisotopic (exact) mass is 327 g/mol. The number of nitrogens with zero attached hydrogens (tertiary/aromatic N) is 1. The lowest BCUT2D eigenvalue weighted by Gasteiger charge is -2.44. The van der Waals surface area contributed by atoms with Gasteiger partial charge in [0.1, 0.15) is 18.0 Å². The molecule has 4 nitrogen and oxygen atoms in total. The fourth-order valence-electron chi connectivity index (χ4n) is 3.59. The average Bonchev–Trinajstić information content (AvgIpc) is 3.06. The van der Waals surface area contributed by atoms with E-state index in [-0.39, 0.29) is 12.4 Å². The van der Waals surface area contributed by atoms with Crippen molar-refractivity contribution in [3.8, 4) is 5.75 Å². The number of piperidine rings is 1. The van der Waals surface area contributed by atoms with Crippen LogP contribution in [0.1, 0.15) is 32.1 Å². The first-order valence-corrected chi connectivity index (χ1v) is 8.20. The number of rotatable bonds is 4. The zero-order valence-electron chi connectivity index (χ0n) is 13.0. The van der Waals surface area contributed by atoms with Crippen LogP contribution in [0.3, 0.4) is 0 Å². The van der Waals surface area contributed by atoms with Gasteiger partial charge >= 0.3 is 0 Å². The summed E-state index contributed by atoms with van der Waals surface area (Å²) in [6.45, 7) is 0.949. The highest BCUT2D eigenvalue weighted by atomic mass is 19.2. The molecular weight excluding hydrogens is 304 g/mol. The van der Waals surface area contributed by atoms with E-state index in [4.69, 9.17) is 4.74 Å². The van der Waals surface area contributed by atoms with Crippen LogP contribution in [0, 0.1) is 11.6 Å². The molecule has 1 aliphatic heterocycles. The SMILES string of the molecule is O[C@H]1CCN(C2CCCC2)C[C@]1(O)COc1ccc(F)c(F)c1. The summed E-state index contributed by atoms with van der Waals surface area (Å²) in [5, 5.41) is 20.9. The number of aliphatic hydroxyl groups excluding tert-OH is 1. The third-order valence-corrected chi connectivity index (χ3v) is 5.01. The molecule has 0 radical (unpaired) electrons. The van der Waals surface area contributed by atoms with Crippen LogP contribution in [-0.2, 0) is 0 Å². The van der Waals surface area contributed by atoms with Crippen LogP contribution in [0.25, 0.3) is 0 Å². The molecule has 0 bridgehead atoms. The molecule has 23 heavy (non-hydrogen) atoms. The molecule has 0 aromatic heterocycles. The van der Waals surface area contributed by atoms with Crippen LogP contribution in [-0.4, -0.2) is 52.6 Å². The van der Waals surface area contributed by atoms with Gasteiger partial charge in [0.15, 0.2) is 11.6 Å². The van der Waals surface area contributed by atoms with Gasteiger partial charge in [-0.25, -0.2) is 8.78 Å². The summed E-state index contributed by atoms with van der Waals surface area (Å²) in [5.41, 5.74) is -1.40. The van der Waals surface area contributed by atoms with E-state index in [9.17, 15) is 19.0 Å². The lowest BCUT2D eigenvalue weighted by Crippen LogP contribution is -2.61. The van der Waals surface area contributed by atoms with E-state index in [1.807, 2.05) is 0 Å². The summed E-state index contributed by atoms with van der Waals surface area (Å²) in [7, 11) is 0. The lowest BCUT2D eigenvalue weighted by atomic mass is 9.89. The van der Waals surface area contributed by atoms with Crippen molar-refractivity contribution in [3.05, 3.63) is 29.8 Å². The Kier molecular flexibility index (Phi) is 4.85. The Labute approximate surface area is 134 Å². The van der Waals surface area contributed by atoms with Crippen LogP contribution in [0.15, 0.2) is 18.2 Å². The number of benzene rings is 1. The minimum absolute atomic E-state index is 0.141. The first-order chi connectivity index (χ1) is 11.0. The van der Waals surface area contributed by atoms with Gasteiger partial charge in [-0.15, -0.1) is 0 Å². The van der Waals surface area contributed by atoms with Gasteiger partial charge < -0.3 is 14.9 Å². The molecule has 1 saturated heterocycles. The molecule has 1 heterocycles. The van der Waals surface area contributed by atoms with Crippen molar-refractivity contribution < 1.29 is 23.7 Å². The van der Waals surface area contributed by atoms with Gasteiger partial charge in [-0.2, -0.15) is 0 Å². The molecule has 0 amide bonds. The molecule has 6 heteroatoms. The summed E-state index contributed by atoms with van der Waals surface area (Å²) >= 11 is 0. The van der Waals surface area contributed by atoms with E-state index >= 15 is 0 Å². The summed E-state index contributed by atoms with van der Waals surface area (Å²) in [6, 6.07) is 3.70. The van der Waals surface area contributed by atoms with Crippen LogP contribution >= 0.6 is 0 Å². The van der Waals surface area contributed by atoms with E-state index < -0.39 is 23.3 Å². The standard InChI is InChI=1S/C17H23F2NO3/c18-14-6-5-13(9-15(14)19)23-11-17(22)10-20(8-7-16(17)21)12-3-1-2-4-12/h5-6,9,12,16,21-22H,1-4,7-8,10-11H2/t16-,17-/m0/s1. The highest BCUT2D eigenvalue weighted by molar-refractivity contribution is 5.23. The summed E-state index contributed by atoms with van der Waals surface area (Å²) in [4.78, 5) is 2.22. The van der Waals surface area contributed by atoms with E-state index in [0.29, 0.717) is 19.0 Å². The molecule has 2 fully saturated rings. The fourth-order valence-corrected chi connectivity index (χ4v) is 3.59. The Balaban J connectivity index is 1.64. The van der Waals surface area contributed by atoms with Gasteiger partial charge in [-0.1, -0.05) is 12.8 Å². The number of halogens is 2. The number of hydrogen-bond acceptors (Lipinski definition) is 4. The Morgan fingerprint density at radius 2 is 1.91 bits per heavy atom. The van der Waals surface area contributed by atoms with Gasteiger partial charge in [-0.05, 0) is 31.4 Å². The average molecular weight is 327 g/mol. The molecule has 0 unspecified atom stereocenters. The van der Waals surface area contributed by atoms with Crippen LogP contribution < -0.4 is 4.74 Å². The number of β-amino-alcohol motifs (C(OH)–C–C–N with tert-alkyl or cyclic N) is 1. The Morgan fingerprint density at radius 3 is 2.61 bits per heavy atom. The first kappa shape index (κ1) is 16.6. The highest BCUT2D eigenvalue weighted by Gasteiger charge is 2.43. The van der Waals surface area contributed by atoms with Crippen LogP contribution in [0.2, 0.25) is 0 Å². The lowest BCUT2D eigenvalue weighted by molar-refractivity contribution is -0.144. The van der Waals surface area contributed by atoms with E-state index in [0.717, 1.165) is 31.5 Å². The highest BCUT2D eigenvalue weighted by Crippen LogP contribution is 2.30. The van der Waals surface area contributed by atoms with Crippen molar-refractivity contribution in [3.63, 3.8) is 0 Å². The number of ether oxygens (including phenoxy) is 1. The van der Waals surface area contributed by atoms with Crippen molar-refractivity contribution in [2.24, 2.45) is 0 Å². The van der Waals surface area contributed by atoms with E-state index in [1.165, 1.54) is 18.9 Å². The molecule has 2 atom stereocenters. The van der Waals surface area contributed by atoms with Gasteiger partial charge in [0.25, 0.3) is 0 Å². The second-order valence-corrected chi connectivity index (χ2v) is 6.68. The number of aliphatic hydroxyl groups is 2. The second kappa shape index (κ2) is 6.71. The zero-order valence-corrected chi connectivity index (χ0v) is 13.0. The predicted octanol–water partition coefficient (Wildman–Crippen LogP) is 2.08. The topological polar surface area (TPSA) is 52.9 Å². The molecule has 128 valence electrons. The Hall–Kier alpha value is -1.24. The van der Waals surface area contributed by atoms with Gasteiger partial charge in [0, 0.05) is 25.2 Å². The zero-order chi connectivity index (χ0) is 16.4. The molecular formula is C17H23F2NO3. The van der Waals surface area contributed by atoms with Crippen molar-refractivity contribution in [2.75, 3.05) is 19.7 Å². The second-order valence-electron chi connectivity index (χ2n) is 6.68. The maximum absolute atomic E-state index is 13.2. The van der Waals surface area contributed by atoms with Gasteiger partial charge in [0.05, 0.1) is 6.10 Å². The number of likely N-dealkylation sites (tertiary alicyclic amines) is 1. The third-order valence-electron chi connectivity index (χ3n) is 5.01. The molecule has 2 aliphatic rings. The minimum Gasteiger partial charge on any atom is -0.490 e. The molecule has 1 aliphatic carbocycles. The predicted molar refractivity (Wildman–Crippen MR) is 81.3 cm³/mol. The molecule has 1 aromatic rings. The molecule has 0 spiro atoms. The summed E-state index contributed by atoms with van der Waals surface area (Å²) < 4.78 is 31.6. The quantitative estimate of drug-likeness (QED) is 0.889. The first-order valence-electron chi connectivity index (χ1n) is 8.20. The maximum atomic E-state index is 13.2. The number of hydrogen-bond donors (Lipinski definition) is 2. The smallest absolute Gasteiger partial charge is 0.162 e. The Bertz CT molecular complexity index is 551. The minimum atomic E-state index is -1.40. The largest absolute Gasteiger partial charge is 0.490 e. The molecule has 2 N–H and O–H groups in total. The van der Waals surface area contributed by atoms with Crippen LogP contribution in [0.5, 0.6) is 5.75 Å². The third kappa shape index (κ3) is 3.65. The van der Waals surface area contributed by atoms with Crippen molar-refractivity contribution in [1.82, 2.24) is 4.90 Å². The van der Waals surface area contributed by atoms with Crippen molar-refractivity contribution in [2.45, 2.75) is 49.9 Å². The Morgan fingerprint density at radius 1 is 1.17 bits per heavy atom. The molecule has 3 rings (SSSR count). The van der Waals surface area contributed by atoms with E-state index in [1.54, 1.807) is 0 Å². The van der Waals surface area contributed by atoms with E-state index in [2.05, 4.69) is 4.90 Å².